The van der Waals surface area contributed by atoms with Crippen molar-refractivity contribution in [2.45, 2.75) is 39.8 Å². The van der Waals surface area contributed by atoms with E-state index in [1.54, 1.807) is 7.11 Å². The predicted molar refractivity (Wildman–Crippen MR) is 160 cm³/mol. The lowest BCUT2D eigenvalue weighted by molar-refractivity contribution is -0.118. The van der Waals surface area contributed by atoms with Crippen LogP contribution in [0, 0.1) is 19.8 Å². The molecule has 1 aliphatic heterocycles. The van der Waals surface area contributed by atoms with Crippen LogP contribution in [0.1, 0.15) is 48.6 Å². The minimum atomic E-state index is -0.182. The molecule has 8 heteroatoms. The maximum absolute atomic E-state index is 12.3. The van der Waals surface area contributed by atoms with Crippen LogP contribution >= 0.6 is 12.2 Å². The summed E-state index contributed by atoms with van der Waals surface area (Å²) in [5, 5.41) is 7.20. The molecule has 1 saturated heterocycles. The third-order valence-corrected chi connectivity index (χ3v) is 7.42. The molecule has 5 rings (SSSR count). The van der Waals surface area contributed by atoms with Crippen molar-refractivity contribution in [1.82, 2.24) is 14.9 Å². The number of amides is 1. The van der Waals surface area contributed by atoms with Crippen LogP contribution in [0.25, 0.3) is 5.69 Å². The Morgan fingerprint density at radius 1 is 1.03 bits per heavy atom. The maximum Gasteiger partial charge on any atom is 0.226 e. The third kappa shape index (κ3) is 5.12. The first-order valence-electron chi connectivity index (χ1n) is 13.0. The number of thiocarbonyl (C=S) groups is 1. The molecule has 0 spiro atoms. The molecular weight excluding hydrogens is 506 g/mol. The molecule has 7 nitrogen and oxygen atoms in total. The molecule has 2 atom stereocenters. The number of nitrogens with one attached hydrogen (secondary N) is 2. The molecule has 2 N–H and O–H groups in total. The van der Waals surface area contributed by atoms with Crippen molar-refractivity contribution < 1.29 is 9.53 Å². The van der Waals surface area contributed by atoms with E-state index in [0.29, 0.717) is 5.11 Å². The zero-order chi connectivity index (χ0) is 27.7. The Labute approximate surface area is 234 Å². The van der Waals surface area contributed by atoms with Crippen molar-refractivity contribution in [1.29, 1.82) is 0 Å². The Morgan fingerprint density at radius 3 is 2.41 bits per heavy atom. The van der Waals surface area contributed by atoms with Crippen molar-refractivity contribution in [2.24, 2.45) is 5.92 Å². The molecule has 1 aliphatic rings. The summed E-state index contributed by atoms with van der Waals surface area (Å²) in [7, 11) is 1.67. The van der Waals surface area contributed by atoms with Gasteiger partial charge in [-0.1, -0.05) is 19.9 Å². The zero-order valence-electron chi connectivity index (χ0n) is 22.8. The van der Waals surface area contributed by atoms with Crippen molar-refractivity contribution in [3.05, 3.63) is 102 Å². The van der Waals surface area contributed by atoms with Crippen molar-refractivity contribution in [3.8, 4) is 11.4 Å². The van der Waals surface area contributed by atoms with Crippen LogP contribution in [0.4, 0.5) is 11.4 Å². The number of carbonyl (C=O) groups is 1. The SMILES string of the molecule is COc1ccc(-n2c(C)ccc2C2C(c3ccccn3)NC(=S)N2c2ccc(NC(=O)C(C)C)c(C)c2)cc1. The smallest absolute Gasteiger partial charge is 0.226 e. The highest BCUT2D eigenvalue weighted by Gasteiger charge is 2.42. The van der Waals surface area contributed by atoms with E-state index < -0.39 is 0 Å². The van der Waals surface area contributed by atoms with Crippen LogP contribution in [-0.2, 0) is 4.79 Å². The van der Waals surface area contributed by atoms with Gasteiger partial charge in [-0.3, -0.25) is 9.78 Å². The number of methoxy groups -OCH3 is 1. The fourth-order valence-electron chi connectivity index (χ4n) is 5.02. The lowest BCUT2D eigenvalue weighted by Gasteiger charge is -2.30. The molecule has 4 aromatic rings. The van der Waals surface area contributed by atoms with Gasteiger partial charge in [0.15, 0.2) is 5.11 Å². The monoisotopic (exact) mass is 539 g/mol. The minimum absolute atomic E-state index is 0.00917. The van der Waals surface area contributed by atoms with Gasteiger partial charge < -0.3 is 24.8 Å². The molecule has 2 aromatic carbocycles. The molecule has 200 valence electrons. The first kappa shape index (κ1) is 26.4. The van der Waals surface area contributed by atoms with Crippen LogP contribution in [0.15, 0.2) is 79.0 Å². The molecule has 0 bridgehead atoms. The zero-order valence-corrected chi connectivity index (χ0v) is 23.6. The van der Waals surface area contributed by atoms with Crippen molar-refractivity contribution in [3.63, 3.8) is 0 Å². The fraction of sp³-hybridized carbons (Fsp3) is 0.258. The second-order valence-electron chi connectivity index (χ2n) is 10.1. The molecule has 3 heterocycles. The van der Waals surface area contributed by atoms with Gasteiger partial charge >= 0.3 is 0 Å². The summed E-state index contributed by atoms with van der Waals surface area (Å²) in [6.45, 7) is 7.87. The van der Waals surface area contributed by atoms with Crippen LogP contribution in [0.5, 0.6) is 5.75 Å². The number of benzene rings is 2. The Morgan fingerprint density at radius 2 is 1.77 bits per heavy atom. The van der Waals surface area contributed by atoms with E-state index in [4.69, 9.17) is 17.0 Å². The number of carbonyl (C=O) groups excluding carboxylic acids is 1. The van der Waals surface area contributed by atoms with Gasteiger partial charge in [-0.2, -0.15) is 0 Å². The summed E-state index contributed by atoms with van der Waals surface area (Å²) < 4.78 is 7.65. The second-order valence-corrected chi connectivity index (χ2v) is 10.5. The van der Waals surface area contributed by atoms with Crippen LogP contribution in [0.2, 0.25) is 0 Å². The number of rotatable bonds is 7. The number of hydrogen-bond donors (Lipinski definition) is 2. The standard InChI is InChI=1S/C31H33N5O2S/c1-19(2)30(37)33-25-15-12-23(18-20(25)3)36-29(28(34-31(36)39)26-8-6-7-17-32-26)27-16-9-21(4)35(27)22-10-13-24(38-5)14-11-22/h6-19,28-29H,1-5H3,(H,33,37)(H,34,39). The van der Waals surface area contributed by atoms with Gasteiger partial charge in [0.25, 0.3) is 0 Å². The Hall–Kier alpha value is -4.17. The first-order valence-corrected chi connectivity index (χ1v) is 13.4. The summed E-state index contributed by atoms with van der Waals surface area (Å²) in [5.74, 6) is 0.698. The lowest BCUT2D eigenvalue weighted by Crippen LogP contribution is -2.30. The summed E-state index contributed by atoms with van der Waals surface area (Å²) >= 11 is 5.95. The normalized spacial score (nSPS) is 16.9. The summed E-state index contributed by atoms with van der Waals surface area (Å²) in [6, 6.07) is 24.0. The quantitative estimate of drug-likeness (QED) is 0.270. The molecule has 1 amide bonds. The predicted octanol–water partition coefficient (Wildman–Crippen LogP) is 6.27. The molecular formula is C31H33N5O2S. The molecule has 0 saturated carbocycles. The molecule has 39 heavy (non-hydrogen) atoms. The van der Waals surface area contributed by atoms with Gasteiger partial charge in [0.05, 0.1) is 18.8 Å². The van der Waals surface area contributed by atoms with E-state index in [1.165, 1.54) is 0 Å². The molecule has 2 unspecified atom stereocenters. The number of aromatic nitrogens is 2. The van der Waals surface area contributed by atoms with Gasteiger partial charge in [0.2, 0.25) is 5.91 Å². The highest BCUT2D eigenvalue weighted by atomic mass is 32.1. The summed E-state index contributed by atoms with van der Waals surface area (Å²) in [6.07, 6.45) is 1.81. The largest absolute Gasteiger partial charge is 0.497 e. The maximum atomic E-state index is 12.3. The van der Waals surface area contributed by atoms with Gasteiger partial charge in [0, 0.05) is 40.6 Å². The van der Waals surface area contributed by atoms with E-state index in [2.05, 4.69) is 62.3 Å². The van der Waals surface area contributed by atoms with Crippen molar-refractivity contribution in [2.75, 3.05) is 17.3 Å². The van der Waals surface area contributed by atoms with E-state index in [1.807, 2.05) is 69.4 Å². The number of anilines is 2. The minimum Gasteiger partial charge on any atom is -0.497 e. The van der Waals surface area contributed by atoms with Crippen LogP contribution < -0.4 is 20.3 Å². The van der Waals surface area contributed by atoms with Gasteiger partial charge in [0.1, 0.15) is 11.8 Å². The van der Waals surface area contributed by atoms with E-state index >= 15 is 0 Å². The first-order chi connectivity index (χ1) is 18.8. The lowest BCUT2D eigenvalue weighted by atomic mass is 10.00. The second kappa shape index (κ2) is 10.9. The van der Waals surface area contributed by atoms with Gasteiger partial charge in [-0.15, -0.1) is 0 Å². The highest BCUT2D eigenvalue weighted by molar-refractivity contribution is 7.80. The summed E-state index contributed by atoms with van der Waals surface area (Å²) in [5.41, 5.74) is 6.83. The molecule has 2 aromatic heterocycles. The molecule has 0 aliphatic carbocycles. The number of hydrogen-bond acceptors (Lipinski definition) is 4. The Balaban J connectivity index is 1.62. The third-order valence-electron chi connectivity index (χ3n) is 7.11. The van der Waals surface area contributed by atoms with Gasteiger partial charge in [-0.05, 0) is 98.4 Å². The van der Waals surface area contributed by atoms with E-state index in [-0.39, 0.29) is 23.9 Å². The molecule has 0 radical (unpaired) electrons. The topological polar surface area (TPSA) is 71.4 Å². The number of ether oxygens (including phenoxy) is 1. The number of pyridine rings is 1. The average Bonchev–Trinajstić information content (AvgIpc) is 3.49. The van der Waals surface area contributed by atoms with Crippen LogP contribution in [-0.4, -0.2) is 27.7 Å². The number of aryl methyl sites for hydroxylation is 2. The highest BCUT2D eigenvalue weighted by Crippen LogP contribution is 2.43. The van der Waals surface area contributed by atoms with Crippen LogP contribution in [0.3, 0.4) is 0 Å². The summed E-state index contributed by atoms with van der Waals surface area (Å²) in [4.78, 5) is 19.2. The van der Waals surface area contributed by atoms with E-state index in [0.717, 1.165) is 45.5 Å². The molecule has 1 fully saturated rings. The average molecular weight is 540 g/mol. The Kier molecular flexibility index (Phi) is 7.39. The van der Waals surface area contributed by atoms with E-state index in [9.17, 15) is 4.79 Å². The van der Waals surface area contributed by atoms with Gasteiger partial charge in [-0.25, -0.2) is 0 Å². The van der Waals surface area contributed by atoms with Crippen molar-refractivity contribution >= 4 is 34.6 Å². The Bertz CT molecular complexity index is 1500. The fourth-order valence-corrected chi connectivity index (χ4v) is 5.37. The number of nitrogens with zero attached hydrogens (tertiary/aromatic N) is 3.